The Labute approximate surface area is 167 Å². The summed E-state index contributed by atoms with van der Waals surface area (Å²) in [5.74, 6) is 0.173. The minimum absolute atomic E-state index is 0.0526. The van der Waals surface area contributed by atoms with Crippen LogP contribution in [0.4, 0.5) is 0 Å². The van der Waals surface area contributed by atoms with E-state index in [0.29, 0.717) is 32.4 Å². The Morgan fingerprint density at radius 2 is 1.75 bits per heavy atom. The number of carbonyl (C=O) groups excluding carboxylic acids is 2. The van der Waals surface area contributed by atoms with Crippen LogP contribution < -0.4 is 5.32 Å². The fourth-order valence-electron chi connectivity index (χ4n) is 4.07. The summed E-state index contributed by atoms with van der Waals surface area (Å²) in [4.78, 5) is 27.4. The first kappa shape index (κ1) is 20.1. The van der Waals surface area contributed by atoms with E-state index < -0.39 is 5.41 Å². The average molecular weight is 379 g/mol. The highest BCUT2D eigenvalue weighted by Crippen LogP contribution is 2.38. The number of carbonyl (C=O) groups is 2. The Bertz CT molecular complexity index is 832. The lowest BCUT2D eigenvalue weighted by atomic mass is 9.78. The number of hydrogen-bond acceptors (Lipinski definition) is 2. The molecule has 1 atom stereocenters. The zero-order valence-corrected chi connectivity index (χ0v) is 17.1. The number of nitrogens with one attached hydrogen (secondary N) is 1. The summed E-state index contributed by atoms with van der Waals surface area (Å²) < 4.78 is 0. The monoisotopic (exact) mass is 378 g/mol. The zero-order valence-electron chi connectivity index (χ0n) is 17.1. The van der Waals surface area contributed by atoms with Crippen molar-refractivity contribution in [2.45, 2.75) is 46.1 Å². The molecule has 148 valence electrons. The number of likely N-dealkylation sites (tertiary alicyclic amines) is 1. The molecule has 1 N–H and O–H groups in total. The molecule has 0 aromatic heterocycles. The van der Waals surface area contributed by atoms with Crippen LogP contribution in [0.25, 0.3) is 11.1 Å². The topological polar surface area (TPSA) is 49.4 Å². The van der Waals surface area contributed by atoms with Gasteiger partial charge >= 0.3 is 0 Å². The molecule has 1 aliphatic heterocycles. The van der Waals surface area contributed by atoms with Crippen molar-refractivity contribution >= 4 is 11.8 Å². The third-order valence-corrected chi connectivity index (χ3v) is 5.54. The lowest BCUT2D eigenvalue weighted by Gasteiger charge is -2.30. The highest BCUT2D eigenvalue weighted by Gasteiger charge is 2.46. The fraction of sp³-hybridized carbons (Fsp3) is 0.417. The molecule has 0 saturated carbocycles. The lowest BCUT2D eigenvalue weighted by molar-refractivity contribution is -0.133. The van der Waals surface area contributed by atoms with Gasteiger partial charge in [0.25, 0.3) is 0 Å². The zero-order chi connectivity index (χ0) is 20.1. The predicted octanol–water partition coefficient (Wildman–Crippen LogP) is 4.05. The molecule has 1 saturated heterocycles. The SMILES string of the molecule is CCC(=O)N1CC[C@](Cc2ccccc2-c2ccccc2)(C(=O)NC(C)C)C1. The molecule has 2 aromatic carbocycles. The minimum atomic E-state index is -0.583. The molecule has 4 nitrogen and oxygen atoms in total. The van der Waals surface area contributed by atoms with Gasteiger partial charge in [0.15, 0.2) is 0 Å². The van der Waals surface area contributed by atoms with Crippen molar-refractivity contribution in [3.63, 3.8) is 0 Å². The summed E-state index contributed by atoms with van der Waals surface area (Å²) in [6, 6.07) is 18.6. The van der Waals surface area contributed by atoms with Gasteiger partial charge in [-0.15, -0.1) is 0 Å². The second-order valence-corrected chi connectivity index (χ2v) is 8.03. The van der Waals surface area contributed by atoms with Gasteiger partial charge in [-0.25, -0.2) is 0 Å². The van der Waals surface area contributed by atoms with Crippen LogP contribution in [0.3, 0.4) is 0 Å². The molecule has 4 heteroatoms. The molecule has 2 amide bonds. The molecule has 0 unspecified atom stereocenters. The second-order valence-electron chi connectivity index (χ2n) is 8.03. The second kappa shape index (κ2) is 8.59. The van der Waals surface area contributed by atoms with Gasteiger partial charge in [0.1, 0.15) is 0 Å². The minimum Gasteiger partial charge on any atom is -0.353 e. The van der Waals surface area contributed by atoms with Crippen LogP contribution in [0, 0.1) is 5.41 Å². The molecule has 0 bridgehead atoms. The van der Waals surface area contributed by atoms with E-state index >= 15 is 0 Å². The van der Waals surface area contributed by atoms with Crippen LogP contribution in [0.1, 0.15) is 39.2 Å². The molecule has 2 aromatic rings. The van der Waals surface area contributed by atoms with Crippen molar-refractivity contribution in [3.8, 4) is 11.1 Å². The van der Waals surface area contributed by atoms with E-state index in [2.05, 4.69) is 29.6 Å². The summed E-state index contributed by atoms with van der Waals surface area (Å²) in [6.45, 7) is 6.97. The summed E-state index contributed by atoms with van der Waals surface area (Å²) in [7, 11) is 0. The highest BCUT2D eigenvalue weighted by molar-refractivity contribution is 5.86. The Balaban J connectivity index is 1.96. The Kier molecular flexibility index (Phi) is 6.18. The fourth-order valence-corrected chi connectivity index (χ4v) is 4.07. The number of rotatable bonds is 6. The van der Waals surface area contributed by atoms with Crippen LogP contribution in [-0.4, -0.2) is 35.8 Å². The van der Waals surface area contributed by atoms with Crippen molar-refractivity contribution in [1.29, 1.82) is 0 Å². The maximum Gasteiger partial charge on any atom is 0.228 e. The number of benzene rings is 2. The molecule has 1 heterocycles. The van der Waals surface area contributed by atoms with Crippen molar-refractivity contribution in [2.24, 2.45) is 5.41 Å². The quantitative estimate of drug-likeness (QED) is 0.824. The van der Waals surface area contributed by atoms with E-state index in [0.717, 1.165) is 16.7 Å². The molecule has 1 aliphatic rings. The van der Waals surface area contributed by atoms with Crippen molar-refractivity contribution in [2.75, 3.05) is 13.1 Å². The molecule has 3 rings (SSSR count). The first-order chi connectivity index (χ1) is 13.4. The van der Waals surface area contributed by atoms with Crippen LogP contribution >= 0.6 is 0 Å². The average Bonchev–Trinajstić information content (AvgIpc) is 3.13. The first-order valence-electron chi connectivity index (χ1n) is 10.2. The van der Waals surface area contributed by atoms with Gasteiger partial charge < -0.3 is 10.2 Å². The van der Waals surface area contributed by atoms with Crippen molar-refractivity contribution < 1.29 is 9.59 Å². The third kappa shape index (κ3) is 4.27. The molecule has 0 radical (unpaired) electrons. The third-order valence-electron chi connectivity index (χ3n) is 5.54. The normalized spacial score (nSPS) is 19.1. The molecule has 28 heavy (non-hydrogen) atoms. The lowest BCUT2D eigenvalue weighted by Crippen LogP contribution is -2.47. The Hall–Kier alpha value is -2.62. The summed E-state index contributed by atoms with van der Waals surface area (Å²) in [6.07, 6.45) is 1.80. The standard InChI is InChI=1S/C24H30N2O2/c1-4-22(27)26-15-14-24(17-26,23(28)25-18(2)3)16-20-12-8-9-13-21(20)19-10-6-5-7-11-19/h5-13,18H,4,14-17H2,1-3H3,(H,25,28)/t24-/m1/s1. The van der Waals surface area contributed by atoms with E-state index in [-0.39, 0.29) is 17.9 Å². The van der Waals surface area contributed by atoms with Crippen molar-refractivity contribution in [1.82, 2.24) is 10.2 Å². The maximum absolute atomic E-state index is 13.2. The smallest absolute Gasteiger partial charge is 0.228 e. The van der Waals surface area contributed by atoms with Crippen LogP contribution in [-0.2, 0) is 16.0 Å². The van der Waals surface area contributed by atoms with E-state index in [4.69, 9.17) is 0 Å². The molecular formula is C24H30N2O2. The van der Waals surface area contributed by atoms with Gasteiger partial charge in [-0.2, -0.15) is 0 Å². The summed E-state index contributed by atoms with van der Waals surface area (Å²) in [5, 5.41) is 3.11. The molecular weight excluding hydrogens is 348 g/mol. The Morgan fingerprint density at radius 3 is 2.43 bits per heavy atom. The van der Waals surface area contributed by atoms with Gasteiger partial charge in [0.2, 0.25) is 11.8 Å². The van der Waals surface area contributed by atoms with Crippen LogP contribution in [0.5, 0.6) is 0 Å². The maximum atomic E-state index is 13.2. The van der Waals surface area contributed by atoms with Gasteiger partial charge in [-0.1, -0.05) is 61.5 Å². The van der Waals surface area contributed by atoms with Gasteiger partial charge in [0.05, 0.1) is 5.41 Å². The van der Waals surface area contributed by atoms with Gasteiger partial charge in [0, 0.05) is 25.6 Å². The van der Waals surface area contributed by atoms with Crippen LogP contribution in [0.15, 0.2) is 54.6 Å². The predicted molar refractivity (Wildman–Crippen MR) is 113 cm³/mol. The van der Waals surface area contributed by atoms with E-state index in [1.54, 1.807) is 0 Å². The molecule has 0 aliphatic carbocycles. The summed E-state index contributed by atoms with van der Waals surface area (Å²) in [5.41, 5.74) is 2.87. The van der Waals surface area contributed by atoms with Gasteiger partial charge in [-0.05, 0) is 43.4 Å². The summed E-state index contributed by atoms with van der Waals surface area (Å²) >= 11 is 0. The highest BCUT2D eigenvalue weighted by atomic mass is 16.2. The van der Waals surface area contributed by atoms with Crippen LogP contribution in [0.2, 0.25) is 0 Å². The number of nitrogens with zero attached hydrogens (tertiary/aromatic N) is 1. The number of hydrogen-bond donors (Lipinski definition) is 1. The number of amides is 2. The molecule has 1 fully saturated rings. The van der Waals surface area contributed by atoms with E-state index in [9.17, 15) is 9.59 Å². The van der Waals surface area contributed by atoms with Gasteiger partial charge in [-0.3, -0.25) is 9.59 Å². The largest absolute Gasteiger partial charge is 0.353 e. The van der Waals surface area contributed by atoms with Crippen molar-refractivity contribution in [3.05, 3.63) is 60.2 Å². The Morgan fingerprint density at radius 1 is 1.07 bits per heavy atom. The first-order valence-corrected chi connectivity index (χ1v) is 10.2. The molecule has 0 spiro atoms. The van der Waals surface area contributed by atoms with E-state index in [1.165, 1.54) is 0 Å². The van der Waals surface area contributed by atoms with E-state index in [1.807, 2.05) is 56.0 Å².